The topological polar surface area (TPSA) is 35.5 Å². The van der Waals surface area contributed by atoms with Crippen LogP contribution in [0.4, 0.5) is 0 Å². The van der Waals surface area contributed by atoms with E-state index in [0.29, 0.717) is 22.6 Å². The van der Waals surface area contributed by atoms with Crippen molar-refractivity contribution >= 4 is 11.1 Å². The van der Waals surface area contributed by atoms with Crippen molar-refractivity contribution in [2.24, 2.45) is 17.8 Å². The third kappa shape index (κ3) is 4.30. The highest BCUT2D eigenvalue weighted by Gasteiger charge is 2.33. The van der Waals surface area contributed by atoms with E-state index in [-0.39, 0.29) is 6.10 Å². The van der Waals surface area contributed by atoms with Crippen molar-refractivity contribution in [3.63, 3.8) is 0 Å². The normalized spacial score (nSPS) is 27.6. The van der Waals surface area contributed by atoms with Gasteiger partial charge >= 0.3 is 0 Å². The Morgan fingerprint density at radius 3 is 2.43 bits per heavy atom. The average molecular weight is 310 g/mol. The summed E-state index contributed by atoms with van der Waals surface area (Å²) in [5.74, 6) is 2.48. The maximum absolute atomic E-state index is 12.4. The van der Waals surface area contributed by atoms with Gasteiger partial charge in [-0.1, -0.05) is 27.2 Å². The maximum Gasteiger partial charge on any atom is 0.189 e. The molecule has 3 nitrogen and oxygen atoms in total. The van der Waals surface area contributed by atoms with Gasteiger partial charge < -0.3 is 4.74 Å². The summed E-state index contributed by atoms with van der Waals surface area (Å²) in [7, 11) is 1.62. The second kappa shape index (κ2) is 7.41. The van der Waals surface area contributed by atoms with Crippen molar-refractivity contribution in [3.05, 3.63) is 24.3 Å². The Balaban J connectivity index is 2.04. The van der Waals surface area contributed by atoms with E-state index < -0.39 is 11.1 Å². The van der Waals surface area contributed by atoms with Crippen molar-refractivity contribution in [2.75, 3.05) is 7.11 Å². The summed E-state index contributed by atoms with van der Waals surface area (Å²) >= 11 is -1.40. The smallest absolute Gasteiger partial charge is 0.189 e. The van der Waals surface area contributed by atoms with Crippen molar-refractivity contribution in [3.8, 4) is 5.75 Å². The van der Waals surface area contributed by atoms with Crippen LogP contribution in [0.5, 0.6) is 5.75 Å². The molecule has 0 aromatic heterocycles. The number of ether oxygens (including phenoxy) is 1. The molecule has 1 aromatic carbocycles. The first kappa shape index (κ1) is 16.5. The van der Waals surface area contributed by atoms with Crippen LogP contribution in [0.1, 0.15) is 40.0 Å². The van der Waals surface area contributed by atoms with Gasteiger partial charge in [-0.3, -0.25) is 4.18 Å². The quantitative estimate of drug-likeness (QED) is 0.818. The highest BCUT2D eigenvalue weighted by Crippen LogP contribution is 2.36. The van der Waals surface area contributed by atoms with E-state index in [1.54, 1.807) is 7.11 Å². The highest BCUT2D eigenvalue weighted by atomic mass is 32.2. The maximum atomic E-state index is 12.4. The van der Waals surface area contributed by atoms with Crippen molar-refractivity contribution in [2.45, 2.75) is 51.0 Å². The standard InChI is InChI=1S/C17H26O3S/c1-12(2)16-10-5-13(3)11-17(16)20-21(18)15-8-6-14(19-4)7-9-15/h6-9,12-13,16-17H,5,10-11H2,1-4H3/t13-,16+,17-,21+/m0/s1. The van der Waals surface area contributed by atoms with Gasteiger partial charge in [0.2, 0.25) is 0 Å². The molecule has 0 N–H and O–H groups in total. The van der Waals surface area contributed by atoms with Gasteiger partial charge in [0.05, 0.1) is 18.1 Å². The predicted octanol–water partition coefficient (Wildman–Crippen LogP) is 4.20. The van der Waals surface area contributed by atoms with Crippen LogP contribution in [-0.4, -0.2) is 17.4 Å². The Hall–Kier alpha value is -0.870. The van der Waals surface area contributed by atoms with Crippen LogP contribution >= 0.6 is 0 Å². The molecule has 0 radical (unpaired) electrons. The van der Waals surface area contributed by atoms with Gasteiger partial charge in [-0.2, -0.15) is 0 Å². The second-order valence-corrected chi connectivity index (χ2v) is 7.50. The molecule has 0 bridgehead atoms. The number of methoxy groups -OCH3 is 1. The highest BCUT2D eigenvalue weighted by molar-refractivity contribution is 7.80. The lowest BCUT2D eigenvalue weighted by Gasteiger charge is -2.36. The molecule has 0 heterocycles. The molecule has 1 saturated carbocycles. The molecule has 0 aliphatic heterocycles. The summed E-state index contributed by atoms with van der Waals surface area (Å²) in [6.45, 7) is 6.71. The SMILES string of the molecule is COc1ccc([S@](=O)O[C@H]2C[C@@H](C)CC[C@@H]2C(C)C)cc1. The van der Waals surface area contributed by atoms with E-state index in [2.05, 4.69) is 20.8 Å². The summed E-state index contributed by atoms with van der Waals surface area (Å²) in [5.41, 5.74) is 0. The molecule has 118 valence electrons. The molecule has 21 heavy (non-hydrogen) atoms. The third-order valence-electron chi connectivity index (χ3n) is 4.42. The fraction of sp³-hybridized carbons (Fsp3) is 0.647. The van der Waals surface area contributed by atoms with Gasteiger partial charge in [0.1, 0.15) is 5.75 Å². The molecular formula is C17H26O3S. The molecule has 1 aromatic rings. The number of hydrogen-bond donors (Lipinski definition) is 0. The zero-order chi connectivity index (χ0) is 15.4. The van der Waals surface area contributed by atoms with Crippen LogP contribution in [0, 0.1) is 17.8 Å². The van der Waals surface area contributed by atoms with E-state index in [9.17, 15) is 4.21 Å². The van der Waals surface area contributed by atoms with E-state index in [0.717, 1.165) is 12.2 Å². The zero-order valence-corrected chi connectivity index (χ0v) is 14.2. The largest absolute Gasteiger partial charge is 0.497 e. The lowest BCUT2D eigenvalue weighted by atomic mass is 9.75. The van der Waals surface area contributed by atoms with Gasteiger partial charge in [-0.15, -0.1) is 0 Å². The van der Waals surface area contributed by atoms with Crippen molar-refractivity contribution < 1.29 is 13.1 Å². The van der Waals surface area contributed by atoms with Crippen LogP contribution in [0.25, 0.3) is 0 Å². The Morgan fingerprint density at radius 1 is 1.19 bits per heavy atom. The molecule has 0 amide bonds. The monoisotopic (exact) mass is 310 g/mol. The zero-order valence-electron chi connectivity index (χ0n) is 13.4. The van der Waals surface area contributed by atoms with Crippen molar-refractivity contribution in [1.82, 2.24) is 0 Å². The van der Waals surface area contributed by atoms with E-state index in [1.165, 1.54) is 12.8 Å². The average Bonchev–Trinajstić information content (AvgIpc) is 2.47. The van der Waals surface area contributed by atoms with Gasteiger partial charge in [0.25, 0.3) is 0 Å². The minimum absolute atomic E-state index is 0.0942. The van der Waals surface area contributed by atoms with Crippen LogP contribution < -0.4 is 4.74 Å². The van der Waals surface area contributed by atoms with Crippen molar-refractivity contribution in [1.29, 1.82) is 0 Å². The third-order valence-corrected chi connectivity index (χ3v) is 5.50. The molecule has 0 saturated heterocycles. The van der Waals surface area contributed by atoms with E-state index in [1.807, 2.05) is 24.3 Å². The molecule has 0 spiro atoms. The fourth-order valence-corrected chi connectivity index (χ4v) is 4.00. The minimum atomic E-state index is -1.40. The Labute approximate surface area is 130 Å². The van der Waals surface area contributed by atoms with Crippen LogP contribution in [0.3, 0.4) is 0 Å². The number of hydrogen-bond acceptors (Lipinski definition) is 3. The first-order chi connectivity index (χ1) is 10.0. The summed E-state index contributed by atoms with van der Waals surface area (Å²) in [6.07, 6.45) is 3.52. The summed E-state index contributed by atoms with van der Waals surface area (Å²) in [4.78, 5) is 0.705. The molecule has 0 unspecified atom stereocenters. The minimum Gasteiger partial charge on any atom is -0.497 e. The van der Waals surface area contributed by atoms with E-state index in [4.69, 9.17) is 8.92 Å². The molecule has 1 aliphatic carbocycles. The van der Waals surface area contributed by atoms with Gasteiger partial charge in [-0.05, 0) is 54.9 Å². The number of benzene rings is 1. The first-order valence-electron chi connectivity index (χ1n) is 7.74. The molecule has 1 fully saturated rings. The van der Waals surface area contributed by atoms with Crippen LogP contribution in [0.2, 0.25) is 0 Å². The fourth-order valence-electron chi connectivity index (χ4n) is 3.08. The summed E-state index contributed by atoms with van der Waals surface area (Å²) in [5, 5.41) is 0. The van der Waals surface area contributed by atoms with Crippen LogP contribution in [0.15, 0.2) is 29.2 Å². The second-order valence-electron chi connectivity index (χ2n) is 6.37. The van der Waals surface area contributed by atoms with Gasteiger partial charge in [-0.25, -0.2) is 4.21 Å². The Morgan fingerprint density at radius 2 is 1.86 bits per heavy atom. The van der Waals surface area contributed by atoms with E-state index >= 15 is 0 Å². The molecule has 1 aliphatic rings. The first-order valence-corrected chi connectivity index (χ1v) is 8.81. The molecular weight excluding hydrogens is 284 g/mol. The molecule has 4 heteroatoms. The van der Waals surface area contributed by atoms with Crippen LogP contribution in [-0.2, 0) is 15.3 Å². The lowest BCUT2D eigenvalue weighted by molar-refractivity contribution is 0.0567. The lowest BCUT2D eigenvalue weighted by Crippen LogP contribution is -2.34. The molecule has 2 rings (SSSR count). The Bertz CT molecular complexity index is 469. The Kier molecular flexibility index (Phi) is 5.82. The van der Waals surface area contributed by atoms with Gasteiger partial charge in [0.15, 0.2) is 11.1 Å². The van der Waals surface area contributed by atoms with Gasteiger partial charge in [0, 0.05) is 0 Å². The summed E-state index contributed by atoms with van der Waals surface area (Å²) < 4.78 is 23.5. The number of rotatable bonds is 5. The predicted molar refractivity (Wildman–Crippen MR) is 85.6 cm³/mol. The summed E-state index contributed by atoms with van der Waals surface area (Å²) in [6, 6.07) is 7.26. The molecule has 4 atom stereocenters.